The summed E-state index contributed by atoms with van der Waals surface area (Å²) in [6.45, 7) is 1.21. The number of carbonyl (C=O) groups excluding carboxylic acids is 1. The van der Waals surface area contributed by atoms with Crippen molar-refractivity contribution in [1.82, 2.24) is 9.55 Å². The van der Waals surface area contributed by atoms with Crippen LogP contribution in [0.2, 0.25) is 0 Å². The van der Waals surface area contributed by atoms with Gasteiger partial charge in [0.25, 0.3) is 5.56 Å². The molecule has 1 aromatic carbocycles. The number of rotatable bonds is 4. The number of aliphatic hydroxyl groups excluding tert-OH is 1. The zero-order valence-electron chi connectivity index (χ0n) is 13.5. The Balaban J connectivity index is 1.79. The van der Waals surface area contributed by atoms with Crippen molar-refractivity contribution in [2.75, 3.05) is 6.61 Å². The first-order chi connectivity index (χ1) is 12.0. The molecular weight excluding hydrogens is 328 g/mol. The quantitative estimate of drug-likeness (QED) is 0.773. The highest BCUT2D eigenvalue weighted by Crippen LogP contribution is 2.30. The fourth-order valence-electron chi connectivity index (χ4n) is 2.74. The average molecular weight is 346 g/mol. The first-order valence-electron chi connectivity index (χ1n) is 7.84. The fraction of sp³-hybridized carbons (Fsp3) is 0.353. The number of aromatic nitrogens is 2. The molecule has 132 valence electrons. The molecule has 0 saturated carbocycles. The van der Waals surface area contributed by atoms with Gasteiger partial charge in [0.1, 0.15) is 18.4 Å². The maximum Gasteiger partial charge on any atom is 0.338 e. The highest BCUT2D eigenvalue weighted by atomic mass is 16.6. The SMILES string of the molecule is Cc1cn([C@H]2C[C@H](OC(=O)c3ccccc3)C(CO)O2)c(=O)[nH]c1=O. The van der Waals surface area contributed by atoms with E-state index in [1.54, 1.807) is 37.3 Å². The number of aromatic amines is 1. The minimum absolute atomic E-state index is 0.190. The zero-order chi connectivity index (χ0) is 18.0. The largest absolute Gasteiger partial charge is 0.456 e. The number of esters is 1. The van der Waals surface area contributed by atoms with Crippen molar-refractivity contribution in [3.63, 3.8) is 0 Å². The number of hydrogen-bond acceptors (Lipinski definition) is 6. The summed E-state index contributed by atoms with van der Waals surface area (Å²) in [6, 6.07) is 8.47. The number of aryl methyl sites for hydroxylation is 1. The van der Waals surface area contributed by atoms with Gasteiger partial charge in [-0.2, -0.15) is 0 Å². The van der Waals surface area contributed by atoms with E-state index in [9.17, 15) is 19.5 Å². The van der Waals surface area contributed by atoms with Crippen LogP contribution in [0.4, 0.5) is 0 Å². The number of benzene rings is 1. The molecule has 1 aliphatic rings. The second-order valence-electron chi connectivity index (χ2n) is 5.84. The van der Waals surface area contributed by atoms with Gasteiger partial charge >= 0.3 is 11.7 Å². The Bertz CT molecular complexity index is 873. The fourth-order valence-corrected chi connectivity index (χ4v) is 2.74. The second kappa shape index (κ2) is 7.04. The Kier molecular flexibility index (Phi) is 4.82. The summed E-state index contributed by atoms with van der Waals surface area (Å²) in [6.07, 6.45) is -0.621. The van der Waals surface area contributed by atoms with Crippen LogP contribution in [-0.4, -0.2) is 39.4 Å². The Morgan fingerprint density at radius 2 is 2.08 bits per heavy atom. The third-order valence-electron chi connectivity index (χ3n) is 4.08. The highest BCUT2D eigenvalue weighted by Gasteiger charge is 2.39. The molecule has 25 heavy (non-hydrogen) atoms. The number of nitrogens with zero attached hydrogens (tertiary/aromatic N) is 1. The predicted octanol–water partition coefficient (Wildman–Crippen LogP) is 0.350. The molecule has 1 unspecified atom stereocenters. The van der Waals surface area contributed by atoms with Gasteiger partial charge in [0, 0.05) is 18.2 Å². The number of nitrogens with one attached hydrogen (secondary N) is 1. The predicted molar refractivity (Wildman–Crippen MR) is 87.3 cm³/mol. The van der Waals surface area contributed by atoms with E-state index in [0.717, 1.165) is 0 Å². The van der Waals surface area contributed by atoms with E-state index >= 15 is 0 Å². The molecule has 0 amide bonds. The van der Waals surface area contributed by atoms with E-state index in [1.807, 2.05) is 0 Å². The van der Waals surface area contributed by atoms with Crippen molar-refractivity contribution < 1.29 is 19.4 Å². The van der Waals surface area contributed by atoms with Gasteiger partial charge in [-0.25, -0.2) is 9.59 Å². The van der Waals surface area contributed by atoms with E-state index < -0.39 is 35.7 Å². The second-order valence-corrected chi connectivity index (χ2v) is 5.84. The molecule has 2 aromatic rings. The van der Waals surface area contributed by atoms with Crippen LogP contribution >= 0.6 is 0 Å². The topological polar surface area (TPSA) is 111 Å². The smallest absolute Gasteiger partial charge is 0.338 e. The molecule has 2 heterocycles. The first-order valence-corrected chi connectivity index (χ1v) is 7.84. The average Bonchev–Trinajstić information content (AvgIpc) is 3.01. The van der Waals surface area contributed by atoms with Crippen LogP contribution in [0.3, 0.4) is 0 Å². The summed E-state index contributed by atoms with van der Waals surface area (Å²) >= 11 is 0. The molecule has 1 aromatic heterocycles. The Labute approximate surface area is 142 Å². The van der Waals surface area contributed by atoms with Gasteiger partial charge in [0.15, 0.2) is 0 Å². The summed E-state index contributed by atoms with van der Waals surface area (Å²) in [5.74, 6) is -0.529. The molecule has 8 heteroatoms. The number of hydrogen-bond donors (Lipinski definition) is 2. The normalized spacial score (nSPS) is 22.7. The summed E-state index contributed by atoms with van der Waals surface area (Å²) < 4.78 is 12.3. The maximum atomic E-state index is 12.2. The lowest BCUT2D eigenvalue weighted by atomic mass is 10.1. The molecule has 1 saturated heterocycles. The van der Waals surface area contributed by atoms with Crippen LogP contribution in [0, 0.1) is 6.92 Å². The van der Waals surface area contributed by atoms with Crippen molar-refractivity contribution in [2.45, 2.75) is 31.8 Å². The van der Waals surface area contributed by atoms with Crippen LogP contribution in [0.1, 0.15) is 28.6 Å². The molecule has 2 N–H and O–H groups in total. The van der Waals surface area contributed by atoms with Crippen LogP contribution in [0.25, 0.3) is 0 Å². The van der Waals surface area contributed by atoms with E-state index in [1.165, 1.54) is 10.8 Å². The first kappa shape index (κ1) is 17.1. The van der Waals surface area contributed by atoms with Gasteiger partial charge < -0.3 is 14.6 Å². The van der Waals surface area contributed by atoms with E-state index in [0.29, 0.717) is 11.1 Å². The molecule has 0 bridgehead atoms. The summed E-state index contributed by atoms with van der Waals surface area (Å²) in [5.41, 5.74) is -0.342. The Morgan fingerprint density at radius 3 is 2.76 bits per heavy atom. The van der Waals surface area contributed by atoms with Crippen LogP contribution < -0.4 is 11.2 Å². The van der Waals surface area contributed by atoms with Crippen molar-refractivity contribution >= 4 is 5.97 Å². The van der Waals surface area contributed by atoms with Crippen molar-refractivity contribution in [3.05, 3.63) is 68.5 Å². The van der Waals surface area contributed by atoms with Crippen molar-refractivity contribution in [2.24, 2.45) is 0 Å². The van der Waals surface area contributed by atoms with Gasteiger partial charge in [0.05, 0.1) is 12.2 Å². The van der Waals surface area contributed by atoms with E-state index in [4.69, 9.17) is 9.47 Å². The molecule has 3 atom stereocenters. The lowest BCUT2D eigenvalue weighted by molar-refractivity contribution is -0.0522. The van der Waals surface area contributed by atoms with Gasteiger partial charge in [-0.15, -0.1) is 0 Å². The lowest BCUT2D eigenvalue weighted by Crippen LogP contribution is -2.33. The highest BCUT2D eigenvalue weighted by molar-refractivity contribution is 5.89. The van der Waals surface area contributed by atoms with Crippen molar-refractivity contribution in [3.8, 4) is 0 Å². The lowest BCUT2D eigenvalue weighted by Gasteiger charge is -2.16. The third kappa shape index (κ3) is 3.54. The summed E-state index contributed by atoms with van der Waals surface area (Å²) in [7, 11) is 0. The number of carbonyl (C=O) groups is 1. The molecule has 0 radical (unpaired) electrons. The standard InChI is InChI=1S/C17H18N2O6/c1-10-8-19(17(23)18-15(10)21)14-7-12(13(9-20)24-14)25-16(22)11-5-3-2-4-6-11/h2-6,8,12-14,20H,7,9H2,1H3,(H,18,21,23)/t12-,13?,14+/m0/s1. The molecular formula is C17H18N2O6. The molecule has 3 rings (SSSR count). The van der Waals surface area contributed by atoms with Gasteiger partial charge in [-0.05, 0) is 19.1 Å². The van der Waals surface area contributed by atoms with Gasteiger partial charge in [-0.1, -0.05) is 18.2 Å². The molecule has 8 nitrogen and oxygen atoms in total. The minimum atomic E-state index is -0.753. The van der Waals surface area contributed by atoms with Crippen LogP contribution in [-0.2, 0) is 9.47 Å². The van der Waals surface area contributed by atoms with Crippen molar-refractivity contribution in [1.29, 1.82) is 0 Å². The summed E-state index contributed by atoms with van der Waals surface area (Å²) in [4.78, 5) is 37.9. The number of aliphatic hydroxyl groups is 1. The van der Waals surface area contributed by atoms with E-state index in [-0.39, 0.29) is 13.0 Å². The van der Waals surface area contributed by atoms with Gasteiger partial charge in [-0.3, -0.25) is 14.3 Å². The monoisotopic (exact) mass is 346 g/mol. The number of ether oxygens (including phenoxy) is 2. The van der Waals surface area contributed by atoms with E-state index in [2.05, 4.69) is 4.98 Å². The minimum Gasteiger partial charge on any atom is -0.456 e. The maximum absolute atomic E-state index is 12.2. The molecule has 1 aliphatic heterocycles. The molecule has 1 fully saturated rings. The number of H-pyrrole nitrogens is 1. The van der Waals surface area contributed by atoms with Crippen LogP contribution in [0.5, 0.6) is 0 Å². The third-order valence-corrected chi connectivity index (χ3v) is 4.08. The van der Waals surface area contributed by atoms with Crippen LogP contribution in [0.15, 0.2) is 46.1 Å². The Hall–Kier alpha value is -2.71. The zero-order valence-corrected chi connectivity index (χ0v) is 13.5. The summed E-state index contributed by atoms with van der Waals surface area (Å²) in [5, 5.41) is 9.49. The molecule has 0 spiro atoms. The Morgan fingerprint density at radius 1 is 1.36 bits per heavy atom. The van der Waals surface area contributed by atoms with Gasteiger partial charge in [0.2, 0.25) is 0 Å². The molecule has 0 aliphatic carbocycles.